The summed E-state index contributed by atoms with van der Waals surface area (Å²) in [7, 11) is -1.29. The van der Waals surface area contributed by atoms with Crippen molar-refractivity contribution in [2.45, 2.75) is 38.8 Å². The first kappa shape index (κ1) is 13.3. The summed E-state index contributed by atoms with van der Waals surface area (Å²) in [6, 6.07) is -0.401. The predicted molar refractivity (Wildman–Crippen MR) is 63.1 cm³/mol. The molecule has 0 aromatic carbocycles. The molecule has 1 rings (SSSR count). The Morgan fingerprint density at radius 1 is 1.38 bits per heavy atom. The number of rotatable bonds is 1. The SMILES string of the molecule is CN(C(=O)NC(C)(C)C)C1CCS(=O)(=O)C1. The zero-order valence-electron chi connectivity index (χ0n) is 10.3. The molecule has 2 amide bonds. The Morgan fingerprint density at radius 2 is 1.94 bits per heavy atom. The molecule has 0 aromatic rings. The molecule has 0 radical (unpaired) electrons. The lowest BCUT2D eigenvalue weighted by Crippen LogP contribution is -2.50. The molecule has 1 atom stereocenters. The summed E-state index contributed by atoms with van der Waals surface area (Å²) in [4.78, 5) is 13.3. The standard InChI is InChI=1S/C10H20N2O3S/c1-10(2,3)11-9(13)12(4)8-5-6-16(14,15)7-8/h8H,5-7H2,1-4H3,(H,11,13). The number of hydrogen-bond donors (Lipinski definition) is 1. The molecule has 1 fully saturated rings. The number of urea groups is 1. The Labute approximate surface area is 97.1 Å². The van der Waals surface area contributed by atoms with E-state index in [1.165, 1.54) is 4.90 Å². The summed E-state index contributed by atoms with van der Waals surface area (Å²) >= 11 is 0. The van der Waals surface area contributed by atoms with Gasteiger partial charge in [0.2, 0.25) is 0 Å². The van der Waals surface area contributed by atoms with Crippen LogP contribution < -0.4 is 5.32 Å². The molecular weight excluding hydrogens is 228 g/mol. The first-order valence-corrected chi connectivity index (χ1v) is 7.18. The van der Waals surface area contributed by atoms with E-state index in [4.69, 9.17) is 0 Å². The first-order chi connectivity index (χ1) is 7.11. The van der Waals surface area contributed by atoms with Gasteiger partial charge in [-0.1, -0.05) is 0 Å². The molecule has 0 bridgehead atoms. The second kappa shape index (κ2) is 4.24. The van der Waals surface area contributed by atoms with Gasteiger partial charge in [-0.05, 0) is 27.2 Å². The van der Waals surface area contributed by atoms with E-state index in [0.717, 1.165) is 0 Å². The fraction of sp³-hybridized carbons (Fsp3) is 0.900. The summed E-state index contributed by atoms with van der Waals surface area (Å²) in [5.41, 5.74) is -0.303. The van der Waals surface area contributed by atoms with E-state index in [0.29, 0.717) is 6.42 Å². The van der Waals surface area contributed by atoms with Crippen LogP contribution >= 0.6 is 0 Å². The van der Waals surface area contributed by atoms with E-state index < -0.39 is 9.84 Å². The molecule has 0 saturated carbocycles. The first-order valence-electron chi connectivity index (χ1n) is 5.36. The largest absolute Gasteiger partial charge is 0.333 e. The van der Waals surface area contributed by atoms with Gasteiger partial charge in [0.15, 0.2) is 9.84 Å². The van der Waals surface area contributed by atoms with Crippen molar-refractivity contribution in [1.29, 1.82) is 0 Å². The zero-order valence-corrected chi connectivity index (χ0v) is 11.1. The summed E-state index contributed by atoms with van der Waals surface area (Å²) in [5.74, 6) is 0.270. The minimum absolute atomic E-state index is 0.0844. The third kappa shape index (κ3) is 3.66. The van der Waals surface area contributed by atoms with Crippen molar-refractivity contribution in [3.8, 4) is 0 Å². The molecular formula is C10H20N2O3S. The highest BCUT2D eigenvalue weighted by atomic mass is 32.2. The Balaban J connectivity index is 2.59. The minimum Gasteiger partial charge on any atom is -0.333 e. The van der Waals surface area contributed by atoms with Gasteiger partial charge in [-0.15, -0.1) is 0 Å². The van der Waals surface area contributed by atoms with Gasteiger partial charge in [-0.2, -0.15) is 0 Å². The van der Waals surface area contributed by atoms with Crippen molar-refractivity contribution in [2.24, 2.45) is 0 Å². The number of nitrogens with zero attached hydrogens (tertiary/aromatic N) is 1. The molecule has 5 nitrogen and oxygen atoms in total. The molecule has 1 unspecified atom stereocenters. The maximum absolute atomic E-state index is 11.8. The van der Waals surface area contributed by atoms with Crippen molar-refractivity contribution in [2.75, 3.05) is 18.6 Å². The van der Waals surface area contributed by atoms with Gasteiger partial charge in [0.25, 0.3) is 0 Å². The van der Waals surface area contributed by atoms with Crippen molar-refractivity contribution in [1.82, 2.24) is 10.2 Å². The molecule has 16 heavy (non-hydrogen) atoms. The highest BCUT2D eigenvalue weighted by molar-refractivity contribution is 7.91. The Kier molecular flexibility index (Phi) is 3.52. The van der Waals surface area contributed by atoms with Crippen LogP contribution in [0.2, 0.25) is 0 Å². The lowest BCUT2D eigenvalue weighted by atomic mass is 10.1. The monoisotopic (exact) mass is 248 g/mol. The lowest BCUT2D eigenvalue weighted by Gasteiger charge is -2.28. The fourth-order valence-electron chi connectivity index (χ4n) is 1.66. The third-order valence-electron chi connectivity index (χ3n) is 2.56. The van der Waals surface area contributed by atoms with Crippen LogP contribution in [0.1, 0.15) is 27.2 Å². The summed E-state index contributed by atoms with van der Waals surface area (Å²) in [6.45, 7) is 5.68. The van der Waals surface area contributed by atoms with Crippen LogP contribution in [0.25, 0.3) is 0 Å². The molecule has 1 saturated heterocycles. The molecule has 94 valence electrons. The van der Waals surface area contributed by atoms with Gasteiger partial charge < -0.3 is 10.2 Å². The van der Waals surface area contributed by atoms with Gasteiger partial charge >= 0.3 is 6.03 Å². The smallest absolute Gasteiger partial charge is 0.317 e. The van der Waals surface area contributed by atoms with Crippen molar-refractivity contribution < 1.29 is 13.2 Å². The molecule has 1 N–H and O–H groups in total. The fourth-order valence-corrected chi connectivity index (χ4v) is 3.43. The van der Waals surface area contributed by atoms with Crippen LogP contribution in [0.15, 0.2) is 0 Å². The quantitative estimate of drug-likeness (QED) is 0.739. The maximum Gasteiger partial charge on any atom is 0.317 e. The van der Waals surface area contributed by atoms with Gasteiger partial charge in [-0.3, -0.25) is 0 Å². The van der Waals surface area contributed by atoms with E-state index in [1.54, 1.807) is 7.05 Å². The van der Waals surface area contributed by atoms with E-state index in [2.05, 4.69) is 5.32 Å². The molecule has 0 spiro atoms. The number of hydrogen-bond acceptors (Lipinski definition) is 3. The third-order valence-corrected chi connectivity index (χ3v) is 4.31. The molecule has 0 aromatic heterocycles. The number of carbonyl (C=O) groups is 1. The van der Waals surface area contributed by atoms with Crippen molar-refractivity contribution >= 4 is 15.9 Å². The Morgan fingerprint density at radius 3 is 2.31 bits per heavy atom. The highest BCUT2D eigenvalue weighted by Crippen LogP contribution is 2.16. The number of amides is 2. The van der Waals surface area contributed by atoms with E-state index in [9.17, 15) is 13.2 Å². The van der Waals surface area contributed by atoms with Crippen LogP contribution in [-0.2, 0) is 9.84 Å². The van der Waals surface area contributed by atoms with Gasteiger partial charge in [-0.25, -0.2) is 13.2 Å². The Hall–Kier alpha value is -0.780. The molecule has 1 aliphatic heterocycles. The van der Waals surface area contributed by atoms with Gasteiger partial charge in [0.05, 0.1) is 11.5 Å². The molecule has 1 aliphatic rings. The molecule has 0 aliphatic carbocycles. The lowest BCUT2D eigenvalue weighted by molar-refractivity contribution is 0.186. The summed E-state index contributed by atoms with van der Waals surface area (Å²) in [6.07, 6.45) is 0.538. The van der Waals surface area contributed by atoms with Crippen LogP contribution in [0.3, 0.4) is 0 Å². The summed E-state index contributed by atoms with van der Waals surface area (Å²) < 4.78 is 22.6. The van der Waals surface area contributed by atoms with Crippen LogP contribution in [0, 0.1) is 0 Å². The summed E-state index contributed by atoms with van der Waals surface area (Å²) in [5, 5.41) is 2.82. The second-order valence-corrected chi connectivity index (χ2v) is 7.58. The maximum atomic E-state index is 11.8. The highest BCUT2D eigenvalue weighted by Gasteiger charge is 2.33. The van der Waals surface area contributed by atoms with E-state index in [1.807, 2.05) is 20.8 Å². The topological polar surface area (TPSA) is 66.5 Å². The van der Waals surface area contributed by atoms with Crippen LogP contribution in [0.4, 0.5) is 4.79 Å². The number of carbonyl (C=O) groups excluding carboxylic acids is 1. The number of nitrogens with one attached hydrogen (secondary N) is 1. The minimum atomic E-state index is -2.94. The average molecular weight is 248 g/mol. The van der Waals surface area contributed by atoms with Crippen LogP contribution in [-0.4, -0.2) is 49.5 Å². The normalized spacial score (nSPS) is 24.1. The molecule has 6 heteroatoms. The van der Waals surface area contributed by atoms with E-state index >= 15 is 0 Å². The van der Waals surface area contributed by atoms with E-state index in [-0.39, 0.29) is 29.1 Å². The van der Waals surface area contributed by atoms with Crippen LogP contribution in [0.5, 0.6) is 0 Å². The predicted octanol–water partition coefficient (Wildman–Crippen LogP) is 0.613. The van der Waals surface area contributed by atoms with Crippen molar-refractivity contribution in [3.05, 3.63) is 0 Å². The Bertz CT molecular complexity index is 370. The van der Waals surface area contributed by atoms with Gasteiger partial charge in [0, 0.05) is 18.6 Å². The van der Waals surface area contributed by atoms with Gasteiger partial charge in [0.1, 0.15) is 0 Å². The number of sulfone groups is 1. The molecule has 1 heterocycles. The van der Waals surface area contributed by atoms with Crippen molar-refractivity contribution in [3.63, 3.8) is 0 Å². The average Bonchev–Trinajstić information content (AvgIpc) is 2.41. The zero-order chi connectivity index (χ0) is 12.6. The second-order valence-electron chi connectivity index (χ2n) is 5.35.